The zero-order valence-corrected chi connectivity index (χ0v) is 19.9. The molecule has 2 aliphatic rings. The predicted octanol–water partition coefficient (Wildman–Crippen LogP) is 5.06. The standard InChI is InChI=1S/C30H27N5O/c31-35-14-10-30(11-15-35)25-17-22(6-8-27(25)33-29(30)36)23-5-4-21-9-13-34(28(21)18-23)19-20-3-7-26-24(16-20)2-1-12-32-26/h1-9,12-13,16-18H,10-11,14-15,19,31H2,(H,33,36). The van der Waals surface area contributed by atoms with Gasteiger partial charge < -0.3 is 9.88 Å². The van der Waals surface area contributed by atoms with E-state index in [1.807, 2.05) is 17.3 Å². The Hall–Kier alpha value is -4.00. The van der Waals surface area contributed by atoms with E-state index in [1.165, 1.54) is 16.5 Å². The van der Waals surface area contributed by atoms with E-state index in [0.717, 1.165) is 65.8 Å². The van der Waals surface area contributed by atoms with Gasteiger partial charge in [-0.1, -0.05) is 30.3 Å². The van der Waals surface area contributed by atoms with Crippen molar-refractivity contribution in [2.45, 2.75) is 24.8 Å². The van der Waals surface area contributed by atoms with Crippen LogP contribution in [-0.4, -0.2) is 33.6 Å². The maximum atomic E-state index is 13.0. The van der Waals surface area contributed by atoms with Crippen molar-refractivity contribution in [3.63, 3.8) is 0 Å². The van der Waals surface area contributed by atoms with Crippen LogP contribution in [0.3, 0.4) is 0 Å². The zero-order chi connectivity index (χ0) is 24.3. The number of carbonyl (C=O) groups is 1. The van der Waals surface area contributed by atoms with E-state index < -0.39 is 5.41 Å². The maximum Gasteiger partial charge on any atom is 0.235 e. The van der Waals surface area contributed by atoms with Gasteiger partial charge in [0, 0.05) is 48.6 Å². The maximum absolute atomic E-state index is 13.0. The summed E-state index contributed by atoms with van der Waals surface area (Å²) < 4.78 is 2.30. The summed E-state index contributed by atoms with van der Waals surface area (Å²) in [7, 11) is 0. The van der Waals surface area contributed by atoms with Gasteiger partial charge in [0.1, 0.15) is 0 Å². The lowest BCUT2D eigenvalue weighted by atomic mass is 9.73. The Morgan fingerprint density at radius 3 is 2.64 bits per heavy atom. The summed E-state index contributed by atoms with van der Waals surface area (Å²) in [6.07, 6.45) is 5.48. The zero-order valence-electron chi connectivity index (χ0n) is 19.9. The minimum atomic E-state index is -0.476. The summed E-state index contributed by atoms with van der Waals surface area (Å²) in [6.45, 7) is 2.24. The molecular weight excluding hydrogens is 446 g/mol. The van der Waals surface area contributed by atoms with Gasteiger partial charge in [0.2, 0.25) is 5.91 Å². The van der Waals surface area contributed by atoms with E-state index >= 15 is 0 Å². The second-order valence-electron chi connectivity index (χ2n) is 10.1. The summed E-state index contributed by atoms with van der Waals surface area (Å²) in [5, 5.41) is 7.30. The Kier molecular flexibility index (Phi) is 4.74. The summed E-state index contributed by atoms with van der Waals surface area (Å²) >= 11 is 0. The van der Waals surface area contributed by atoms with Gasteiger partial charge in [0.25, 0.3) is 0 Å². The van der Waals surface area contributed by atoms with Gasteiger partial charge in [0.05, 0.1) is 10.9 Å². The first-order valence-electron chi connectivity index (χ1n) is 12.5. The van der Waals surface area contributed by atoms with Gasteiger partial charge in [-0.25, -0.2) is 5.01 Å². The molecule has 178 valence electrons. The number of anilines is 1. The molecular formula is C30H27N5O. The first-order valence-corrected chi connectivity index (χ1v) is 12.5. The van der Waals surface area contributed by atoms with Crippen LogP contribution in [0.2, 0.25) is 0 Å². The van der Waals surface area contributed by atoms with Gasteiger partial charge in [-0.05, 0) is 82.9 Å². The van der Waals surface area contributed by atoms with Crippen molar-refractivity contribution in [1.82, 2.24) is 14.6 Å². The van der Waals surface area contributed by atoms with Gasteiger partial charge in [0.15, 0.2) is 0 Å². The summed E-state index contributed by atoms with van der Waals surface area (Å²) in [5.74, 6) is 6.12. The van der Waals surface area contributed by atoms with Gasteiger partial charge in [-0.15, -0.1) is 0 Å². The topological polar surface area (TPSA) is 76.2 Å². The van der Waals surface area contributed by atoms with Crippen LogP contribution >= 0.6 is 0 Å². The first kappa shape index (κ1) is 21.3. The Balaban J connectivity index is 1.25. The minimum Gasteiger partial charge on any atom is -0.343 e. The average Bonchev–Trinajstić information content (AvgIpc) is 3.43. The number of carbonyl (C=O) groups excluding carboxylic acids is 1. The summed E-state index contributed by atoms with van der Waals surface area (Å²) in [6, 6.07) is 25.7. The number of pyridine rings is 1. The second kappa shape index (κ2) is 8.01. The van der Waals surface area contributed by atoms with Crippen molar-refractivity contribution in [3.8, 4) is 11.1 Å². The number of nitrogens with zero attached hydrogens (tertiary/aromatic N) is 3. The number of amides is 1. The molecule has 6 nitrogen and oxygen atoms in total. The Bertz CT molecular complexity index is 1640. The van der Waals surface area contributed by atoms with Gasteiger partial charge >= 0.3 is 0 Å². The Labute approximate surface area is 209 Å². The molecule has 3 N–H and O–H groups in total. The molecule has 6 heteroatoms. The highest BCUT2D eigenvalue weighted by Crippen LogP contribution is 2.46. The molecule has 0 radical (unpaired) electrons. The van der Waals surface area contributed by atoms with Crippen molar-refractivity contribution < 1.29 is 4.79 Å². The molecule has 0 saturated carbocycles. The molecule has 2 aromatic heterocycles. The van der Waals surface area contributed by atoms with E-state index in [-0.39, 0.29) is 5.91 Å². The van der Waals surface area contributed by atoms with Crippen molar-refractivity contribution in [1.29, 1.82) is 0 Å². The van der Waals surface area contributed by atoms with Crippen molar-refractivity contribution >= 4 is 33.4 Å². The van der Waals surface area contributed by atoms with Gasteiger partial charge in [-0.2, -0.15) is 0 Å². The van der Waals surface area contributed by atoms with Crippen LogP contribution in [0.1, 0.15) is 24.0 Å². The van der Waals surface area contributed by atoms with Crippen molar-refractivity contribution in [2.75, 3.05) is 18.4 Å². The number of fused-ring (bicyclic) bond motifs is 4. The smallest absolute Gasteiger partial charge is 0.235 e. The van der Waals surface area contributed by atoms with Crippen LogP contribution in [0.5, 0.6) is 0 Å². The number of piperidine rings is 1. The second-order valence-corrected chi connectivity index (χ2v) is 10.1. The van der Waals surface area contributed by atoms with Crippen LogP contribution < -0.4 is 11.2 Å². The number of aromatic nitrogens is 2. The van der Waals surface area contributed by atoms with E-state index in [0.29, 0.717) is 0 Å². The third kappa shape index (κ3) is 3.33. The van der Waals surface area contributed by atoms with Crippen LogP contribution in [0.4, 0.5) is 5.69 Å². The number of benzene rings is 3. The molecule has 1 fully saturated rings. The monoisotopic (exact) mass is 473 g/mol. The number of rotatable bonds is 3. The molecule has 1 amide bonds. The quantitative estimate of drug-likeness (QED) is 0.359. The van der Waals surface area contributed by atoms with E-state index in [1.54, 1.807) is 0 Å². The van der Waals surface area contributed by atoms with E-state index in [9.17, 15) is 4.79 Å². The highest BCUT2D eigenvalue weighted by molar-refractivity contribution is 6.07. The number of hydrogen-bond acceptors (Lipinski definition) is 4. The third-order valence-electron chi connectivity index (χ3n) is 8.00. The molecule has 2 aliphatic heterocycles. The van der Waals surface area contributed by atoms with E-state index in [2.05, 4.69) is 87.8 Å². The van der Waals surface area contributed by atoms with Crippen molar-refractivity contribution in [2.24, 2.45) is 5.84 Å². The Morgan fingerprint density at radius 1 is 0.917 bits per heavy atom. The number of nitrogens with two attached hydrogens (primary N) is 1. The lowest BCUT2D eigenvalue weighted by Crippen LogP contribution is -2.48. The van der Waals surface area contributed by atoms with Crippen molar-refractivity contribution in [3.05, 3.63) is 96.3 Å². The third-order valence-corrected chi connectivity index (χ3v) is 8.00. The normalized spacial score (nSPS) is 17.1. The molecule has 0 unspecified atom stereocenters. The van der Waals surface area contributed by atoms with E-state index in [4.69, 9.17) is 5.84 Å². The highest BCUT2D eigenvalue weighted by Gasteiger charge is 2.48. The molecule has 36 heavy (non-hydrogen) atoms. The molecule has 5 aromatic rings. The number of nitrogens with one attached hydrogen (secondary N) is 1. The number of hydrogen-bond donors (Lipinski definition) is 2. The highest BCUT2D eigenvalue weighted by atomic mass is 16.2. The van der Waals surface area contributed by atoms with Crippen LogP contribution in [0, 0.1) is 0 Å². The molecule has 7 rings (SSSR count). The minimum absolute atomic E-state index is 0.109. The SMILES string of the molecule is NN1CCC2(CC1)C(=O)Nc1ccc(-c3ccc4ccn(Cc5ccc6ncccc6c5)c4c3)cc12. The molecule has 0 aliphatic carbocycles. The summed E-state index contributed by atoms with van der Waals surface area (Å²) in [4.78, 5) is 17.5. The molecule has 3 aromatic carbocycles. The van der Waals surface area contributed by atoms with Crippen LogP contribution in [0.25, 0.3) is 32.9 Å². The molecule has 0 atom stereocenters. The molecule has 0 bridgehead atoms. The number of hydrazine groups is 1. The fourth-order valence-electron chi connectivity index (χ4n) is 5.92. The fraction of sp³-hybridized carbons (Fsp3) is 0.200. The fourth-order valence-corrected chi connectivity index (χ4v) is 5.92. The summed E-state index contributed by atoms with van der Waals surface area (Å²) in [5.41, 5.74) is 7.30. The largest absolute Gasteiger partial charge is 0.343 e. The van der Waals surface area contributed by atoms with Gasteiger partial charge in [-0.3, -0.25) is 15.6 Å². The van der Waals surface area contributed by atoms with Crippen LogP contribution in [-0.2, 0) is 16.8 Å². The average molecular weight is 474 g/mol. The molecule has 1 spiro atoms. The molecule has 1 saturated heterocycles. The lowest BCUT2D eigenvalue weighted by molar-refractivity contribution is -0.122. The predicted molar refractivity (Wildman–Crippen MR) is 144 cm³/mol. The Morgan fingerprint density at radius 2 is 1.75 bits per heavy atom. The lowest BCUT2D eigenvalue weighted by Gasteiger charge is -2.35. The molecule has 4 heterocycles. The van der Waals surface area contributed by atoms with Crippen LogP contribution in [0.15, 0.2) is 85.2 Å². The first-order chi connectivity index (χ1) is 17.6.